The first kappa shape index (κ1) is 21.5. The smallest absolute Gasteiger partial charge is 0.330 e. The molecule has 160 valence electrons. The Labute approximate surface area is 176 Å². The number of aromatic amines is 1. The van der Waals surface area contributed by atoms with Crippen LogP contribution in [0.4, 0.5) is 11.5 Å². The minimum absolute atomic E-state index is 0.00876. The molecule has 0 bridgehead atoms. The molecule has 30 heavy (non-hydrogen) atoms. The minimum Gasteiger partial charge on any atom is -0.383 e. The topological polar surface area (TPSA) is 140 Å². The number of thiophene rings is 1. The van der Waals surface area contributed by atoms with Gasteiger partial charge in [0.15, 0.2) is 5.69 Å². The van der Waals surface area contributed by atoms with Crippen LogP contribution in [0.3, 0.4) is 0 Å². The average molecular weight is 433 g/mol. The molecule has 0 aromatic carbocycles. The number of aryl methyl sites for hydroxylation is 1. The van der Waals surface area contributed by atoms with Crippen LogP contribution < -0.4 is 21.9 Å². The van der Waals surface area contributed by atoms with Crippen LogP contribution in [0.25, 0.3) is 10.7 Å². The Balaban J connectivity index is 1.65. The summed E-state index contributed by atoms with van der Waals surface area (Å²) in [6, 6.07) is 3.81. The summed E-state index contributed by atoms with van der Waals surface area (Å²) in [6.45, 7) is 2.35. The maximum Gasteiger partial charge on any atom is 0.330 e. The minimum atomic E-state index is -0.682. The van der Waals surface area contributed by atoms with Crippen molar-refractivity contribution in [1.29, 1.82) is 0 Å². The van der Waals surface area contributed by atoms with Crippen molar-refractivity contribution < 1.29 is 9.32 Å². The van der Waals surface area contributed by atoms with Crippen molar-refractivity contribution in [1.82, 2.24) is 19.7 Å². The summed E-state index contributed by atoms with van der Waals surface area (Å²) in [5.74, 6) is 0.660. The number of hydrogen-bond acceptors (Lipinski definition) is 8. The maximum absolute atomic E-state index is 12.6. The van der Waals surface area contributed by atoms with Crippen molar-refractivity contribution in [2.24, 2.45) is 0 Å². The van der Waals surface area contributed by atoms with E-state index in [1.807, 2.05) is 24.4 Å². The number of nitrogens with two attached hydrogens (primary N) is 1. The SMILES string of the molecule is CCCCn1c(N)c(N(C)C(=O)CCCc2nc(-c3cccs3)no2)c(=O)[nH]c1=O. The van der Waals surface area contributed by atoms with Crippen LogP contribution in [0.5, 0.6) is 0 Å². The van der Waals surface area contributed by atoms with Gasteiger partial charge in [-0.05, 0) is 24.3 Å². The zero-order valence-corrected chi connectivity index (χ0v) is 17.7. The number of hydrogen-bond donors (Lipinski definition) is 2. The van der Waals surface area contributed by atoms with Crippen LogP contribution in [0.2, 0.25) is 0 Å². The fourth-order valence-corrected chi connectivity index (χ4v) is 3.63. The van der Waals surface area contributed by atoms with E-state index in [1.165, 1.54) is 27.9 Å². The van der Waals surface area contributed by atoms with Gasteiger partial charge >= 0.3 is 5.69 Å². The molecule has 3 aromatic heterocycles. The molecule has 0 aliphatic carbocycles. The van der Waals surface area contributed by atoms with Gasteiger partial charge in [-0.15, -0.1) is 11.3 Å². The van der Waals surface area contributed by atoms with Gasteiger partial charge in [-0.2, -0.15) is 4.98 Å². The van der Waals surface area contributed by atoms with Crippen molar-refractivity contribution in [3.05, 3.63) is 44.2 Å². The highest BCUT2D eigenvalue weighted by Crippen LogP contribution is 2.22. The molecular formula is C19H24N6O4S. The summed E-state index contributed by atoms with van der Waals surface area (Å²) < 4.78 is 6.51. The lowest BCUT2D eigenvalue weighted by Gasteiger charge is -2.20. The largest absolute Gasteiger partial charge is 0.383 e. The molecule has 0 aliphatic heterocycles. The van der Waals surface area contributed by atoms with Gasteiger partial charge < -0.3 is 15.2 Å². The molecule has 0 fully saturated rings. The fourth-order valence-electron chi connectivity index (χ4n) is 2.99. The van der Waals surface area contributed by atoms with Crippen LogP contribution in [0, 0.1) is 0 Å². The molecule has 3 rings (SSSR count). The molecule has 0 saturated heterocycles. The summed E-state index contributed by atoms with van der Waals surface area (Å²) >= 11 is 1.51. The second-order valence-electron chi connectivity index (χ2n) is 6.79. The molecule has 0 spiro atoms. The normalized spacial score (nSPS) is 11.0. The molecule has 0 radical (unpaired) electrons. The lowest BCUT2D eigenvalue weighted by atomic mass is 10.2. The van der Waals surface area contributed by atoms with Crippen molar-refractivity contribution in [2.75, 3.05) is 17.7 Å². The van der Waals surface area contributed by atoms with Gasteiger partial charge in [-0.1, -0.05) is 24.6 Å². The highest BCUT2D eigenvalue weighted by molar-refractivity contribution is 7.13. The number of amides is 1. The van der Waals surface area contributed by atoms with Gasteiger partial charge in [0.2, 0.25) is 17.6 Å². The summed E-state index contributed by atoms with van der Waals surface area (Å²) in [7, 11) is 1.47. The van der Waals surface area contributed by atoms with Gasteiger partial charge in [-0.25, -0.2) is 4.79 Å². The second-order valence-corrected chi connectivity index (χ2v) is 7.74. The number of unbranched alkanes of at least 4 members (excludes halogenated alkanes) is 1. The number of nitrogens with zero attached hydrogens (tertiary/aromatic N) is 4. The quantitative estimate of drug-likeness (QED) is 0.527. The van der Waals surface area contributed by atoms with Gasteiger partial charge in [0.05, 0.1) is 4.88 Å². The summed E-state index contributed by atoms with van der Waals surface area (Å²) in [4.78, 5) is 45.6. The first-order chi connectivity index (χ1) is 14.4. The molecule has 0 aliphatic rings. The number of aromatic nitrogens is 4. The Bertz CT molecular complexity index is 1110. The van der Waals surface area contributed by atoms with E-state index in [2.05, 4.69) is 15.1 Å². The Morgan fingerprint density at radius 2 is 2.17 bits per heavy atom. The standard InChI is InChI=1S/C19H24N6O4S/c1-3-4-10-25-16(20)15(18(27)22-19(25)28)24(2)14(26)9-5-8-13-21-17(23-29-13)12-7-6-11-30-12/h6-7,11H,3-5,8-10,20H2,1-2H3,(H,22,27,28). The summed E-state index contributed by atoms with van der Waals surface area (Å²) in [5.41, 5.74) is 4.77. The maximum atomic E-state index is 12.6. The van der Waals surface area contributed by atoms with E-state index in [9.17, 15) is 14.4 Å². The lowest BCUT2D eigenvalue weighted by molar-refractivity contribution is -0.118. The Morgan fingerprint density at radius 3 is 2.87 bits per heavy atom. The van der Waals surface area contributed by atoms with Crippen molar-refractivity contribution in [2.45, 2.75) is 45.6 Å². The molecule has 3 heterocycles. The molecule has 0 unspecified atom stereocenters. The van der Waals surface area contributed by atoms with Crippen LogP contribution in [0.1, 0.15) is 38.5 Å². The monoisotopic (exact) mass is 432 g/mol. The molecule has 11 heteroatoms. The van der Waals surface area contributed by atoms with Crippen molar-refractivity contribution in [3.63, 3.8) is 0 Å². The third-order valence-electron chi connectivity index (χ3n) is 4.65. The van der Waals surface area contributed by atoms with E-state index in [-0.39, 0.29) is 23.8 Å². The van der Waals surface area contributed by atoms with Crippen LogP contribution in [0.15, 0.2) is 31.6 Å². The van der Waals surface area contributed by atoms with Crippen LogP contribution in [-0.4, -0.2) is 32.6 Å². The van der Waals surface area contributed by atoms with Crippen molar-refractivity contribution in [3.8, 4) is 10.7 Å². The number of H-pyrrole nitrogens is 1. The summed E-state index contributed by atoms with van der Waals surface area (Å²) in [6.07, 6.45) is 2.63. The zero-order valence-electron chi connectivity index (χ0n) is 16.9. The number of anilines is 2. The number of rotatable bonds is 9. The third kappa shape index (κ3) is 4.67. The Kier molecular flexibility index (Phi) is 6.83. The third-order valence-corrected chi connectivity index (χ3v) is 5.52. The molecule has 0 atom stereocenters. The fraction of sp³-hybridized carbons (Fsp3) is 0.421. The number of carbonyl (C=O) groups excluding carboxylic acids is 1. The van der Waals surface area contributed by atoms with E-state index in [4.69, 9.17) is 10.3 Å². The molecular weight excluding hydrogens is 408 g/mol. The second kappa shape index (κ2) is 9.53. The highest BCUT2D eigenvalue weighted by Gasteiger charge is 2.21. The average Bonchev–Trinajstić information content (AvgIpc) is 3.39. The lowest BCUT2D eigenvalue weighted by Crippen LogP contribution is -2.39. The molecule has 0 saturated carbocycles. The van der Waals surface area contributed by atoms with Gasteiger partial charge in [0.25, 0.3) is 5.56 Å². The molecule has 10 nitrogen and oxygen atoms in total. The zero-order chi connectivity index (χ0) is 21.7. The van der Waals surface area contributed by atoms with Gasteiger partial charge in [-0.3, -0.25) is 19.1 Å². The Morgan fingerprint density at radius 1 is 1.37 bits per heavy atom. The number of carbonyl (C=O) groups is 1. The highest BCUT2D eigenvalue weighted by atomic mass is 32.1. The summed E-state index contributed by atoms with van der Waals surface area (Å²) in [5, 5.41) is 5.87. The van der Waals surface area contributed by atoms with Crippen LogP contribution >= 0.6 is 11.3 Å². The van der Waals surface area contributed by atoms with E-state index in [0.29, 0.717) is 31.1 Å². The van der Waals surface area contributed by atoms with Crippen molar-refractivity contribution >= 4 is 28.7 Å². The van der Waals surface area contributed by atoms with Gasteiger partial charge in [0, 0.05) is 26.4 Å². The predicted octanol–water partition coefficient (Wildman–Crippen LogP) is 2.02. The van der Waals surface area contributed by atoms with E-state index in [1.54, 1.807) is 0 Å². The van der Waals surface area contributed by atoms with Gasteiger partial charge in [0.1, 0.15) is 5.82 Å². The number of nitrogens with one attached hydrogen (secondary N) is 1. The molecule has 3 aromatic rings. The number of nitrogen functional groups attached to an aromatic ring is 1. The Hall–Kier alpha value is -3.21. The first-order valence-electron chi connectivity index (χ1n) is 9.68. The van der Waals surface area contributed by atoms with Crippen LogP contribution in [-0.2, 0) is 17.8 Å². The molecule has 3 N–H and O–H groups in total. The molecule has 1 amide bonds. The first-order valence-corrected chi connectivity index (χ1v) is 10.6. The van der Waals surface area contributed by atoms with E-state index < -0.39 is 11.2 Å². The predicted molar refractivity (Wildman–Crippen MR) is 115 cm³/mol. The van der Waals surface area contributed by atoms with E-state index >= 15 is 0 Å². The van der Waals surface area contributed by atoms with E-state index in [0.717, 1.165) is 17.7 Å².